The number of halogens is 1. The quantitative estimate of drug-likeness (QED) is 0.451. The number of primary amides is 1. The summed E-state index contributed by atoms with van der Waals surface area (Å²) in [4.78, 5) is 42.5. The van der Waals surface area contributed by atoms with Crippen LogP contribution in [-0.2, 0) is 30.8 Å². The molecule has 0 radical (unpaired) electrons. The fraction of sp³-hybridized carbons (Fsp3) is 0.531. The fourth-order valence-corrected chi connectivity index (χ4v) is 7.91. The van der Waals surface area contributed by atoms with Crippen molar-refractivity contribution in [2.45, 2.75) is 75.1 Å². The zero-order valence-corrected chi connectivity index (χ0v) is 27.0. The van der Waals surface area contributed by atoms with Crippen molar-refractivity contribution < 1.29 is 31.9 Å². The molecule has 244 valence electrons. The number of likely N-dealkylation sites (tertiary alicyclic amines) is 1. The molecule has 0 aromatic heterocycles. The lowest BCUT2D eigenvalue weighted by Crippen LogP contribution is -2.57. The normalized spacial score (nSPS) is 23.1. The van der Waals surface area contributed by atoms with E-state index in [1.165, 1.54) is 33.5 Å². The zero-order valence-electron chi connectivity index (χ0n) is 26.2. The lowest BCUT2D eigenvalue weighted by Gasteiger charge is -2.36. The highest BCUT2D eigenvalue weighted by Crippen LogP contribution is 2.43. The molecule has 3 fully saturated rings. The Balaban J connectivity index is 1.27. The molecule has 1 saturated carbocycles. The summed E-state index contributed by atoms with van der Waals surface area (Å²) in [7, 11) is -1.68. The van der Waals surface area contributed by atoms with Crippen molar-refractivity contribution >= 4 is 27.9 Å². The molecule has 2 aliphatic heterocycles. The molecule has 0 spiro atoms. The van der Waals surface area contributed by atoms with E-state index in [9.17, 15) is 22.8 Å². The van der Waals surface area contributed by atoms with Gasteiger partial charge in [-0.25, -0.2) is 17.6 Å². The highest BCUT2D eigenvalue weighted by atomic mass is 32.2. The van der Waals surface area contributed by atoms with Gasteiger partial charge in [0.1, 0.15) is 23.5 Å². The second-order valence-corrected chi connectivity index (χ2v) is 15.2. The lowest BCUT2D eigenvalue weighted by atomic mass is 9.96. The third kappa shape index (κ3) is 7.15. The first-order valence-electron chi connectivity index (χ1n) is 15.3. The van der Waals surface area contributed by atoms with Crippen molar-refractivity contribution in [3.8, 4) is 11.1 Å². The molecule has 2 aromatic rings. The van der Waals surface area contributed by atoms with Crippen molar-refractivity contribution in [3.63, 3.8) is 0 Å². The van der Waals surface area contributed by atoms with Gasteiger partial charge in [0.2, 0.25) is 21.8 Å². The molecule has 13 heteroatoms. The minimum absolute atomic E-state index is 0.0602. The number of nitrogens with zero attached hydrogens (tertiary/aromatic N) is 3. The summed E-state index contributed by atoms with van der Waals surface area (Å²) in [5.41, 5.74) is 6.22. The standard InChI is InChI=1S/C32H42FN5O6S/c1-32(2,3)44-31(41)38-24-10-7-23(17-24)28(38)30(40)35-27(29(34)39)19-22-6-5-21(18-26(22)33)20-8-11-25(12-9-20)45(42,43)37-15-13-36(4)14-16-37/h5-6,8-9,11-12,18,23-24,27-28H,7,10,13-17,19H2,1-4H3,(H2,34,39)(H,35,40)/t23-,24+,27-,28-/m0/s1. The zero-order chi connectivity index (χ0) is 32.7. The summed E-state index contributed by atoms with van der Waals surface area (Å²) in [5.74, 6) is -2.00. The van der Waals surface area contributed by atoms with Gasteiger partial charge in [-0.05, 0) is 87.9 Å². The second kappa shape index (κ2) is 12.7. The monoisotopic (exact) mass is 643 g/mol. The molecule has 11 nitrogen and oxygen atoms in total. The Bertz CT molecular complexity index is 1550. The molecule has 0 unspecified atom stereocenters. The number of amides is 3. The van der Waals surface area contributed by atoms with E-state index >= 15 is 4.39 Å². The first-order chi connectivity index (χ1) is 21.1. The summed E-state index contributed by atoms with van der Waals surface area (Å²) in [6.45, 7) is 7.43. The van der Waals surface area contributed by atoms with E-state index in [4.69, 9.17) is 10.5 Å². The van der Waals surface area contributed by atoms with Gasteiger partial charge < -0.3 is 20.7 Å². The second-order valence-electron chi connectivity index (χ2n) is 13.3. The number of sulfonamides is 1. The number of ether oxygens (including phenoxy) is 1. The largest absolute Gasteiger partial charge is 0.444 e. The molecule has 3 amide bonds. The maximum absolute atomic E-state index is 15.3. The minimum Gasteiger partial charge on any atom is -0.444 e. The number of piperazine rings is 1. The van der Waals surface area contributed by atoms with Crippen LogP contribution in [0.2, 0.25) is 0 Å². The van der Waals surface area contributed by atoms with E-state index in [0.29, 0.717) is 43.7 Å². The van der Waals surface area contributed by atoms with Crippen molar-refractivity contribution in [2.24, 2.45) is 11.7 Å². The van der Waals surface area contributed by atoms with Gasteiger partial charge in [-0.1, -0.05) is 24.3 Å². The van der Waals surface area contributed by atoms with Crippen LogP contribution in [0.3, 0.4) is 0 Å². The van der Waals surface area contributed by atoms with Gasteiger partial charge in [0.05, 0.1) is 4.90 Å². The summed E-state index contributed by atoms with van der Waals surface area (Å²) < 4.78 is 48.5. The molecule has 2 saturated heterocycles. The predicted octanol–water partition coefficient (Wildman–Crippen LogP) is 2.73. The minimum atomic E-state index is -3.63. The van der Waals surface area contributed by atoms with Crippen LogP contribution in [-0.4, -0.2) is 97.4 Å². The number of nitrogens with one attached hydrogen (secondary N) is 1. The number of carbonyl (C=O) groups is 3. The molecular weight excluding hydrogens is 601 g/mol. The van der Waals surface area contributed by atoms with E-state index in [2.05, 4.69) is 10.2 Å². The Morgan fingerprint density at radius 2 is 1.67 bits per heavy atom. The molecular formula is C32H42FN5O6S. The van der Waals surface area contributed by atoms with Crippen LogP contribution in [0.1, 0.15) is 45.6 Å². The van der Waals surface area contributed by atoms with Crippen LogP contribution in [0.4, 0.5) is 9.18 Å². The number of hydrogen-bond acceptors (Lipinski definition) is 7. The van der Waals surface area contributed by atoms with Gasteiger partial charge in [-0.15, -0.1) is 0 Å². The van der Waals surface area contributed by atoms with E-state index in [1.807, 2.05) is 7.05 Å². The van der Waals surface area contributed by atoms with Crippen LogP contribution in [0, 0.1) is 11.7 Å². The Labute approximate surface area is 263 Å². The third-order valence-corrected chi connectivity index (χ3v) is 10.8. The van der Waals surface area contributed by atoms with Gasteiger partial charge >= 0.3 is 6.09 Å². The van der Waals surface area contributed by atoms with Gasteiger partial charge in [-0.2, -0.15) is 4.31 Å². The SMILES string of the molecule is CN1CCN(S(=O)(=O)c2ccc(-c3ccc(C[C@H](NC(=O)[C@@H]4[C@H]5CC[C@H](C5)N4C(=O)OC(C)(C)C)C(N)=O)c(F)c3)cc2)CC1. The van der Waals surface area contributed by atoms with Crippen LogP contribution in [0.15, 0.2) is 47.4 Å². The van der Waals surface area contributed by atoms with Crippen molar-refractivity contribution in [1.29, 1.82) is 0 Å². The van der Waals surface area contributed by atoms with Gasteiger partial charge in [0.25, 0.3) is 0 Å². The number of likely N-dealkylation sites (N-methyl/N-ethyl adjacent to an activating group) is 1. The predicted molar refractivity (Wildman–Crippen MR) is 166 cm³/mol. The van der Waals surface area contributed by atoms with E-state index in [0.717, 1.165) is 12.8 Å². The molecule has 45 heavy (non-hydrogen) atoms. The molecule has 1 aliphatic carbocycles. The highest BCUT2D eigenvalue weighted by molar-refractivity contribution is 7.89. The topological polar surface area (TPSA) is 142 Å². The summed E-state index contributed by atoms with van der Waals surface area (Å²) in [5, 5.41) is 2.67. The Hall–Kier alpha value is -3.55. The first kappa shape index (κ1) is 32.8. The highest BCUT2D eigenvalue weighted by Gasteiger charge is 2.52. The molecule has 3 aliphatic rings. The number of benzene rings is 2. The molecule has 2 aromatic carbocycles. The number of carbonyl (C=O) groups excluding carboxylic acids is 3. The van der Waals surface area contributed by atoms with Crippen molar-refractivity contribution in [3.05, 3.63) is 53.8 Å². The Morgan fingerprint density at radius 3 is 2.27 bits per heavy atom. The maximum atomic E-state index is 15.3. The summed E-state index contributed by atoms with van der Waals surface area (Å²) >= 11 is 0. The van der Waals surface area contributed by atoms with Crippen molar-refractivity contribution in [1.82, 2.24) is 19.4 Å². The van der Waals surface area contributed by atoms with E-state index < -0.39 is 51.4 Å². The number of nitrogens with two attached hydrogens (primary N) is 1. The Morgan fingerprint density at radius 1 is 1.02 bits per heavy atom. The smallest absolute Gasteiger partial charge is 0.411 e. The summed E-state index contributed by atoms with van der Waals surface area (Å²) in [6, 6.07) is 8.69. The summed E-state index contributed by atoms with van der Waals surface area (Å²) in [6.07, 6.45) is 1.48. The number of piperidine rings is 1. The molecule has 2 bridgehead atoms. The lowest BCUT2D eigenvalue weighted by molar-refractivity contribution is -0.132. The van der Waals surface area contributed by atoms with Crippen LogP contribution >= 0.6 is 0 Å². The van der Waals surface area contributed by atoms with E-state index in [-0.39, 0.29) is 28.8 Å². The van der Waals surface area contributed by atoms with Crippen LogP contribution < -0.4 is 11.1 Å². The van der Waals surface area contributed by atoms with Crippen LogP contribution in [0.25, 0.3) is 11.1 Å². The molecule has 5 rings (SSSR count). The van der Waals surface area contributed by atoms with Crippen LogP contribution in [0.5, 0.6) is 0 Å². The number of rotatable bonds is 8. The van der Waals surface area contributed by atoms with Gasteiger partial charge in [-0.3, -0.25) is 14.5 Å². The third-order valence-electron chi connectivity index (χ3n) is 8.88. The average Bonchev–Trinajstić information content (AvgIpc) is 3.59. The average molecular weight is 644 g/mol. The van der Waals surface area contributed by atoms with Gasteiger partial charge in [0, 0.05) is 38.6 Å². The molecule has 4 atom stereocenters. The molecule has 3 N–H and O–H groups in total. The van der Waals surface area contributed by atoms with Gasteiger partial charge in [0.15, 0.2) is 0 Å². The molecule has 2 heterocycles. The number of fused-ring (bicyclic) bond motifs is 2. The van der Waals surface area contributed by atoms with E-state index in [1.54, 1.807) is 39.0 Å². The maximum Gasteiger partial charge on any atom is 0.411 e. The number of hydrogen-bond donors (Lipinski definition) is 2. The first-order valence-corrected chi connectivity index (χ1v) is 16.8. The Kier molecular flexibility index (Phi) is 9.25. The fourth-order valence-electron chi connectivity index (χ4n) is 6.49. The van der Waals surface area contributed by atoms with Crippen molar-refractivity contribution in [2.75, 3.05) is 33.2 Å².